The molecule has 3 rings (SSSR count). The molecule has 0 aromatic heterocycles. The van der Waals surface area contributed by atoms with E-state index in [1.807, 2.05) is 25.2 Å². The third-order valence-corrected chi connectivity index (χ3v) is 5.53. The van der Waals surface area contributed by atoms with Gasteiger partial charge in [0.15, 0.2) is 5.96 Å². The van der Waals surface area contributed by atoms with Crippen molar-refractivity contribution in [2.45, 2.75) is 31.8 Å². The zero-order valence-electron chi connectivity index (χ0n) is 19.1. The van der Waals surface area contributed by atoms with Gasteiger partial charge in [-0.3, -0.25) is 9.89 Å². The van der Waals surface area contributed by atoms with E-state index in [1.54, 1.807) is 26.4 Å². The summed E-state index contributed by atoms with van der Waals surface area (Å²) >= 11 is 0. The minimum atomic E-state index is 0. The Labute approximate surface area is 208 Å². The fourth-order valence-corrected chi connectivity index (χ4v) is 3.86. The summed E-state index contributed by atoms with van der Waals surface area (Å²) in [7, 11) is 5.17. The highest BCUT2D eigenvalue weighted by Crippen LogP contribution is 2.24. The number of aromatic hydroxyl groups is 1. The lowest BCUT2D eigenvalue weighted by molar-refractivity contribution is 0.321. The van der Waals surface area contributed by atoms with Gasteiger partial charge in [-0.25, -0.2) is 0 Å². The SMILES string of the molecule is CN=C(NCCCc1ccc(O)cc1)NC1CCN(Cc2cc(OC)cc(OC)c2)C1.I. The van der Waals surface area contributed by atoms with Crippen LogP contribution in [0.15, 0.2) is 47.5 Å². The van der Waals surface area contributed by atoms with Crippen LogP contribution < -0.4 is 20.1 Å². The standard InChI is InChI=1S/C24H34N4O3.HI/c1-25-24(26-11-4-5-18-6-8-21(29)9-7-18)27-20-10-12-28(17-20)16-19-13-22(30-2)15-23(14-19)31-3;/h6-9,13-15,20,29H,4-5,10-12,16-17H2,1-3H3,(H2,25,26,27);1H. The molecule has 176 valence electrons. The number of guanidine groups is 1. The number of hydrogen-bond donors (Lipinski definition) is 3. The van der Waals surface area contributed by atoms with Crippen LogP contribution >= 0.6 is 24.0 Å². The van der Waals surface area contributed by atoms with Crippen LogP contribution in [0.1, 0.15) is 24.0 Å². The molecule has 0 saturated carbocycles. The average Bonchev–Trinajstić information content (AvgIpc) is 3.23. The number of halogens is 1. The molecule has 1 saturated heterocycles. The molecular weight excluding hydrogens is 519 g/mol. The molecule has 1 fully saturated rings. The monoisotopic (exact) mass is 554 g/mol. The molecule has 2 aromatic carbocycles. The Kier molecular flexibility index (Phi) is 10.9. The number of nitrogens with one attached hydrogen (secondary N) is 2. The van der Waals surface area contributed by atoms with E-state index in [2.05, 4.69) is 32.7 Å². The predicted octanol–water partition coefficient (Wildman–Crippen LogP) is 3.40. The minimum Gasteiger partial charge on any atom is -0.508 e. The molecule has 7 nitrogen and oxygen atoms in total. The van der Waals surface area contributed by atoms with Crippen molar-refractivity contribution in [3.63, 3.8) is 0 Å². The largest absolute Gasteiger partial charge is 0.508 e. The van der Waals surface area contributed by atoms with Crippen molar-refractivity contribution >= 4 is 29.9 Å². The number of hydrogen-bond acceptors (Lipinski definition) is 5. The highest BCUT2D eigenvalue weighted by atomic mass is 127. The Hall–Kier alpha value is -2.20. The van der Waals surface area contributed by atoms with Crippen LogP contribution in [0.4, 0.5) is 0 Å². The van der Waals surface area contributed by atoms with E-state index in [1.165, 1.54) is 11.1 Å². The molecule has 0 spiro atoms. The van der Waals surface area contributed by atoms with Crippen molar-refractivity contribution in [1.82, 2.24) is 15.5 Å². The first-order valence-corrected chi connectivity index (χ1v) is 10.8. The van der Waals surface area contributed by atoms with Gasteiger partial charge in [-0.05, 0) is 54.7 Å². The topological polar surface area (TPSA) is 78.4 Å². The fourth-order valence-electron chi connectivity index (χ4n) is 3.86. The smallest absolute Gasteiger partial charge is 0.191 e. The Morgan fingerprint density at radius 1 is 1.09 bits per heavy atom. The Balaban J connectivity index is 0.00000363. The second kappa shape index (κ2) is 13.4. The first-order valence-electron chi connectivity index (χ1n) is 10.8. The molecule has 3 N–H and O–H groups in total. The van der Waals surface area contributed by atoms with Gasteiger partial charge in [-0.15, -0.1) is 24.0 Å². The number of aliphatic imine (C=N–C) groups is 1. The van der Waals surface area contributed by atoms with E-state index >= 15 is 0 Å². The van der Waals surface area contributed by atoms with E-state index in [9.17, 15) is 5.11 Å². The van der Waals surface area contributed by atoms with Crippen LogP contribution in [-0.4, -0.2) is 62.9 Å². The first kappa shape index (κ1) is 26.1. The van der Waals surface area contributed by atoms with Gasteiger partial charge in [0.1, 0.15) is 17.2 Å². The van der Waals surface area contributed by atoms with Crippen LogP contribution in [0.25, 0.3) is 0 Å². The second-order valence-electron chi connectivity index (χ2n) is 7.85. The molecule has 0 radical (unpaired) electrons. The van der Waals surface area contributed by atoms with E-state index in [0.717, 1.165) is 62.9 Å². The Morgan fingerprint density at radius 2 is 1.78 bits per heavy atom. The number of phenolic OH excluding ortho intramolecular Hbond substituents is 1. The molecule has 0 amide bonds. The van der Waals surface area contributed by atoms with Crippen LogP contribution in [0.5, 0.6) is 17.2 Å². The molecule has 0 aliphatic carbocycles. The molecule has 1 atom stereocenters. The first-order chi connectivity index (χ1) is 15.1. The third kappa shape index (κ3) is 8.05. The zero-order valence-corrected chi connectivity index (χ0v) is 21.5. The Bertz CT molecular complexity index is 839. The van der Waals surface area contributed by atoms with Gasteiger partial charge in [0.05, 0.1) is 14.2 Å². The van der Waals surface area contributed by atoms with Crippen molar-refractivity contribution in [2.75, 3.05) is 40.9 Å². The van der Waals surface area contributed by atoms with Gasteiger partial charge in [-0.2, -0.15) is 0 Å². The summed E-state index contributed by atoms with van der Waals surface area (Å²) in [4.78, 5) is 6.81. The lowest BCUT2D eigenvalue weighted by Crippen LogP contribution is -2.44. The summed E-state index contributed by atoms with van der Waals surface area (Å²) in [6.45, 7) is 3.72. The van der Waals surface area contributed by atoms with Crippen molar-refractivity contribution in [1.29, 1.82) is 0 Å². The number of rotatable bonds is 9. The summed E-state index contributed by atoms with van der Waals surface area (Å²) in [6, 6.07) is 13.8. The number of nitrogens with zero attached hydrogens (tertiary/aromatic N) is 2. The number of likely N-dealkylation sites (tertiary alicyclic amines) is 1. The Morgan fingerprint density at radius 3 is 2.41 bits per heavy atom. The summed E-state index contributed by atoms with van der Waals surface area (Å²) in [5.74, 6) is 2.79. The predicted molar refractivity (Wildman–Crippen MR) is 140 cm³/mol. The lowest BCUT2D eigenvalue weighted by atomic mass is 10.1. The van der Waals surface area contributed by atoms with E-state index in [0.29, 0.717) is 11.8 Å². The summed E-state index contributed by atoms with van der Waals surface area (Å²) < 4.78 is 10.8. The zero-order chi connectivity index (χ0) is 22.1. The van der Waals surface area contributed by atoms with Gasteiger partial charge in [-0.1, -0.05) is 12.1 Å². The highest BCUT2D eigenvalue weighted by molar-refractivity contribution is 14.0. The fraction of sp³-hybridized carbons (Fsp3) is 0.458. The number of ether oxygens (including phenoxy) is 2. The van der Waals surface area contributed by atoms with E-state index in [-0.39, 0.29) is 24.0 Å². The highest BCUT2D eigenvalue weighted by Gasteiger charge is 2.23. The number of aryl methyl sites for hydroxylation is 1. The van der Waals surface area contributed by atoms with Gasteiger partial charge in [0.25, 0.3) is 0 Å². The molecule has 1 aliphatic heterocycles. The van der Waals surface area contributed by atoms with Gasteiger partial charge < -0.3 is 25.2 Å². The van der Waals surface area contributed by atoms with Crippen molar-refractivity contribution < 1.29 is 14.6 Å². The summed E-state index contributed by atoms with van der Waals surface area (Å²) in [6.07, 6.45) is 3.04. The van der Waals surface area contributed by atoms with Crippen molar-refractivity contribution in [3.8, 4) is 17.2 Å². The maximum Gasteiger partial charge on any atom is 0.191 e. The van der Waals surface area contributed by atoms with Crippen LogP contribution in [0.2, 0.25) is 0 Å². The van der Waals surface area contributed by atoms with Gasteiger partial charge in [0, 0.05) is 45.3 Å². The number of phenols is 1. The van der Waals surface area contributed by atoms with Crippen LogP contribution in [0, 0.1) is 0 Å². The van der Waals surface area contributed by atoms with Crippen molar-refractivity contribution in [2.24, 2.45) is 4.99 Å². The quantitative estimate of drug-likeness (QED) is 0.191. The molecule has 8 heteroatoms. The molecule has 1 unspecified atom stereocenters. The van der Waals surface area contributed by atoms with Crippen LogP contribution in [-0.2, 0) is 13.0 Å². The molecule has 32 heavy (non-hydrogen) atoms. The molecule has 1 heterocycles. The number of methoxy groups -OCH3 is 2. The average molecular weight is 554 g/mol. The molecule has 0 bridgehead atoms. The third-order valence-electron chi connectivity index (χ3n) is 5.53. The van der Waals surface area contributed by atoms with E-state index < -0.39 is 0 Å². The lowest BCUT2D eigenvalue weighted by Gasteiger charge is -2.19. The normalized spacial score (nSPS) is 16.3. The van der Waals surface area contributed by atoms with Crippen LogP contribution in [0.3, 0.4) is 0 Å². The van der Waals surface area contributed by atoms with Crippen molar-refractivity contribution in [3.05, 3.63) is 53.6 Å². The van der Waals surface area contributed by atoms with Gasteiger partial charge >= 0.3 is 0 Å². The molecular formula is C24H35IN4O3. The minimum absolute atomic E-state index is 0. The number of benzene rings is 2. The maximum absolute atomic E-state index is 9.37. The molecule has 2 aromatic rings. The molecule has 1 aliphatic rings. The maximum atomic E-state index is 9.37. The van der Waals surface area contributed by atoms with E-state index in [4.69, 9.17) is 9.47 Å². The second-order valence-corrected chi connectivity index (χ2v) is 7.85. The van der Waals surface area contributed by atoms with Gasteiger partial charge in [0.2, 0.25) is 0 Å². The summed E-state index contributed by atoms with van der Waals surface area (Å²) in [5, 5.41) is 16.3. The summed E-state index contributed by atoms with van der Waals surface area (Å²) in [5.41, 5.74) is 2.41.